The molecule has 0 aliphatic heterocycles. The van der Waals surface area contributed by atoms with Crippen LogP contribution in [0.3, 0.4) is 0 Å². The van der Waals surface area contributed by atoms with Gasteiger partial charge in [0.2, 0.25) is 0 Å². The molecule has 0 spiro atoms. The molecule has 0 radical (unpaired) electrons. The minimum Gasteiger partial charge on any atom is -0.379 e. The van der Waals surface area contributed by atoms with Crippen molar-refractivity contribution in [2.45, 2.75) is 11.7 Å². The van der Waals surface area contributed by atoms with Crippen LogP contribution in [0.5, 0.6) is 0 Å². The highest BCUT2D eigenvalue weighted by atomic mass is 16.5. The topological polar surface area (TPSA) is 29.5 Å². The molecule has 1 aromatic carbocycles. The van der Waals surface area contributed by atoms with Crippen LogP contribution in [-0.2, 0) is 4.74 Å². The largest absolute Gasteiger partial charge is 0.379 e. The Morgan fingerprint density at radius 1 is 1.18 bits per heavy atom. The summed E-state index contributed by atoms with van der Waals surface area (Å²) in [7, 11) is 0. The maximum absolute atomic E-state index is 10.4. The quantitative estimate of drug-likeness (QED) is 0.729. The van der Waals surface area contributed by atoms with Crippen molar-refractivity contribution < 1.29 is 9.84 Å². The van der Waals surface area contributed by atoms with Gasteiger partial charge in [-0.05, 0) is 5.56 Å². The molecule has 90 valence electrons. The Morgan fingerprint density at radius 2 is 1.76 bits per heavy atom. The molecule has 0 heterocycles. The molecule has 1 atom stereocenters. The first kappa shape index (κ1) is 13.4. The van der Waals surface area contributed by atoms with Gasteiger partial charge in [0.1, 0.15) is 11.7 Å². The Hall–Kier alpha value is -1.64. The third-order valence-electron chi connectivity index (χ3n) is 2.56. The van der Waals surface area contributed by atoms with Gasteiger partial charge in [-0.25, -0.2) is 0 Å². The van der Waals surface area contributed by atoms with Crippen LogP contribution in [0.15, 0.2) is 68.3 Å². The number of hydrogen-bond donors (Lipinski definition) is 1. The third kappa shape index (κ3) is 3.16. The van der Waals surface area contributed by atoms with E-state index in [2.05, 4.69) is 19.7 Å². The number of hydrogen-bond acceptors (Lipinski definition) is 2. The van der Waals surface area contributed by atoms with E-state index in [1.165, 1.54) is 12.2 Å². The first-order valence-electron chi connectivity index (χ1n) is 5.45. The van der Waals surface area contributed by atoms with Crippen molar-refractivity contribution in [1.82, 2.24) is 0 Å². The predicted molar refractivity (Wildman–Crippen MR) is 70.7 cm³/mol. The van der Waals surface area contributed by atoms with Gasteiger partial charge in [0.05, 0.1) is 6.61 Å². The van der Waals surface area contributed by atoms with Gasteiger partial charge >= 0.3 is 0 Å². The zero-order valence-corrected chi connectivity index (χ0v) is 9.88. The normalized spacial score (nSPS) is 12.8. The first-order valence-corrected chi connectivity index (χ1v) is 5.45. The summed E-state index contributed by atoms with van der Waals surface area (Å²) < 4.78 is 5.61. The number of benzene rings is 1. The molecule has 0 aromatic heterocycles. The fourth-order valence-electron chi connectivity index (χ4n) is 1.59. The van der Waals surface area contributed by atoms with Gasteiger partial charge in [0.25, 0.3) is 0 Å². The fraction of sp³-hybridized carbons (Fsp3) is 0.200. The lowest BCUT2D eigenvalue weighted by Gasteiger charge is -2.30. The molecular formula is C15H18O2. The van der Waals surface area contributed by atoms with Crippen LogP contribution in [0.2, 0.25) is 0 Å². The highest BCUT2D eigenvalue weighted by Gasteiger charge is 2.32. The second-order valence-corrected chi connectivity index (χ2v) is 3.71. The molecule has 0 fully saturated rings. The van der Waals surface area contributed by atoms with Crippen molar-refractivity contribution in [3.63, 3.8) is 0 Å². The molecule has 0 saturated carbocycles. The van der Waals surface area contributed by atoms with Gasteiger partial charge in [-0.2, -0.15) is 0 Å². The van der Waals surface area contributed by atoms with Crippen LogP contribution in [0.1, 0.15) is 11.7 Å². The summed E-state index contributed by atoms with van der Waals surface area (Å²) in [5.74, 6) is 0. The summed E-state index contributed by atoms with van der Waals surface area (Å²) >= 11 is 0. The SMILES string of the molecule is C=CCOC(c1ccccc1)C(O)(C=C)C=C. The standard InChI is InChI=1S/C15H18O2/c1-4-12-17-14(15(16,5-2)6-3)13-10-8-7-9-11-13/h4-11,14,16H,1-3,12H2. The summed E-state index contributed by atoms with van der Waals surface area (Å²) in [5, 5.41) is 10.4. The lowest BCUT2D eigenvalue weighted by molar-refractivity contribution is -0.0481. The highest BCUT2D eigenvalue weighted by Crippen LogP contribution is 2.31. The van der Waals surface area contributed by atoms with Gasteiger partial charge in [0.15, 0.2) is 0 Å². The molecule has 2 heteroatoms. The molecule has 1 N–H and O–H groups in total. The minimum atomic E-state index is -1.29. The molecule has 17 heavy (non-hydrogen) atoms. The number of ether oxygens (including phenoxy) is 1. The zero-order valence-electron chi connectivity index (χ0n) is 9.88. The van der Waals surface area contributed by atoms with Gasteiger partial charge in [-0.15, -0.1) is 6.58 Å². The maximum atomic E-state index is 10.4. The molecular weight excluding hydrogens is 212 g/mol. The lowest BCUT2D eigenvalue weighted by atomic mass is 9.91. The van der Waals surface area contributed by atoms with Crippen molar-refractivity contribution >= 4 is 0 Å². The number of rotatable bonds is 7. The van der Waals surface area contributed by atoms with Gasteiger partial charge in [-0.3, -0.25) is 0 Å². The van der Waals surface area contributed by atoms with E-state index in [0.717, 1.165) is 5.56 Å². The van der Waals surface area contributed by atoms with E-state index in [1.54, 1.807) is 6.08 Å². The van der Waals surface area contributed by atoms with Crippen LogP contribution in [0.4, 0.5) is 0 Å². The van der Waals surface area contributed by atoms with Gasteiger partial charge in [-0.1, -0.05) is 61.7 Å². The van der Waals surface area contributed by atoms with Crippen molar-refractivity contribution in [2.24, 2.45) is 0 Å². The fourth-order valence-corrected chi connectivity index (χ4v) is 1.59. The van der Waals surface area contributed by atoms with Crippen LogP contribution < -0.4 is 0 Å². The van der Waals surface area contributed by atoms with E-state index in [1.807, 2.05) is 30.3 Å². The highest BCUT2D eigenvalue weighted by molar-refractivity contribution is 5.26. The van der Waals surface area contributed by atoms with E-state index in [4.69, 9.17) is 4.74 Å². The number of aliphatic hydroxyl groups is 1. The molecule has 0 saturated heterocycles. The molecule has 1 unspecified atom stereocenters. The van der Waals surface area contributed by atoms with Gasteiger partial charge < -0.3 is 9.84 Å². The summed E-state index contributed by atoms with van der Waals surface area (Å²) in [6.45, 7) is 11.2. The summed E-state index contributed by atoms with van der Waals surface area (Å²) in [4.78, 5) is 0. The van der Waals surface area contributed by atoms with Crippen LogP contribution in [0, 0.1) is 0 Å². The predicted octanol–water partition coefficient (Wildman–Crippen LogP) is 3.03. The summed E-state index contributed by atoms with van der Waals surface area (Å²) in [6, 6.07) is 9.49. The minimum absolute atomic E-state index is 0.351. The average Bonchev–Trinajstić information content (AvgIpc) is 2.40. The molecule has 0 amide bonds. The summed E-state index contributed by atoms with van der Waals surface area (Å²) in [6.07, 6.45) is 3.97. The monoisotopic (exact) mass is 230 g/mol. The van der Waals surface area contributed by atoms with E-state index >= 15 is 0 Å². The van der Waals surface area contributed by atoms with Gasteiger partial charge in [0, 0.05) is 0 Å². The Kier molecular flexibility index (Phi) is 4.88. The second kappa shape index (κ2) is 6.18. The molecule has 1 aromatic rings. The van der Waals surface area contributed by atoms with Crippen molar-refractivity contribution in [1.29, 1.82) is 0 Å². The maximum Gasteiger partial charge on any atom is 0.131 e. The Labute approximate surface area is 103 Å². The second-order valence-electron chi connectivity index (χ2n) is 3.71. The summed E-state index contributed by atoms with van der Waals surface area (Å²) in [5.41, 5.74) is -0.415. The van der Waals surface area contributed by atoms with Crippen molar-refractivity contribution in [2.75, 3.05) is 6.61 Å². The first-order chi connectivity index (χ1) is 8.18. The zero-order chi connectivity index (χ0) is 12.7. The van der Waals surface area contributed by atoms with Crippen molar-refractivity contribution in [3.05, 3.63) is 73.9 Å². The van der Waals surface area contributed by atoms with E-state index in [9.17, 15) is 5.11 Å². The van der Waals surface area contributed by atoms with Crippen LogP contribution in [0.25, 0.3) is 0 Å². The Morgan fingerprint density at radius 3 is 2.24 bits per heavy atom. The Balaban J connectivity index is 3.07. The molecule has 2 nitrogen and oxygen atoms in total. The third-order valence-corrected chi connectivity index (χ3v) is 2.56. The average molecular weight is 230 g/mol. The molecule has 1 rings (SSSR count). The molecule has 0 aliphatic rings. The smallest absolute Gasteiger partial charge is 0.131 e. The molecule has 0 aliphatic carbocycles. The van der Waals surface area contributed by atoms with Crippen LogP contribution in [-0.4, -0.2) is 17.3 Å². The molecule has 0 bridgehead atoms. The van der Waals surface area contributed by atoms with E-state index < -0.39 is 11.7 Å². The Bertz CT molecular complexity index is 373. The van der Waals surface area contributed by atoms with Crippen molar-refractivity contribution in [3.8, 4) is 0 Å². The van der Waals surface area contributed by atoms with E-state index in [0.29, 0.717) is 6.61 Å². The lowest BCUT2D eigenvalue weighted by Crippen LogP contribution is -2.33. The van der Waals surface area contributed by atoms with Crippen LogP contribution >= 0.6 is 0 Å². The van der Waals surface area contributed by atoms with E-state index in [-0.39, 0.29) is 0 Å².